The molecule has 0 fully saturated rings. The fraction of sp³-hybridized carbons (Fsp3) is 0.111. The topological polar surface area (TPSA) is 130 Å². The molecule has 0 saturated heterocycles. The van der Waals surface area contributed by atoms with Gasteiger partial charge in [0.1, 0.15) is 0 Å². The van der Waals surface area contributed by atoms with Crippen molar-refractivity contribution in [3.05, 3.63) is 81.3 Å². The van der Waals surface area contributed by atoms with Gasteiger partial charge in [-0.3, -0.25) is 0 Å². The molecule has 32 heavy (non-hydrogen) atoms. The molecule has 0 spiro atoms. The van der Waals surface area contributed by atoms with Crippen LogP contribution in [0.25, 0.3) is 8.50 Å². The summed E-state index contributed by atoms with van der Waals surface area (Å²) < 4.78 is 58.9. The van der Waals surface area contributed by atoms with Crippen molar-refractivity contribution in [3.63, 3.8) is 0 Å². The first-order valence-electron chi connectivity index (χ1n) is 7.67. The van der Waals surface area contributed by atoms with Crippen molar-refractivity contribution in [1.29, 1.82) is 0 Å². The van der Waals surface area contributed by atoms with Crippen molar-refractivity contribution < 1.29 is 35.9 Å². The van der Waals surface area contributed by atoms with Gasteiger partial charge in [0.2, 0.25) is 0 Å². The van der Waals surface area contributed by atoms with Crippen molar-refractivity contribution in [2.24, 2.45) is 0 Å². The second-order valence-corrected chi connectivity index (χ2v) is 8.25. The minimum Gasteiger partial charge on any atom is -0.465 e. The molecular formula is C18H16Cl2N2O8S2. The molecule has 0 heterocycles. The summed E-state index contributed by atoms with van der Waals surface area (Å²) in [6, 6.07) is 10.8. The highest BCUT2D eigenvalue weighted by Gasteiger charge is 2.27. The summed E-state index contributed by atoms with van der Waals surface area (Å²) in [5, 5.41) is 0. The quantitative estimate of drug-likeness (QED) is 0.442. The summed E-state index contributed by atoms with van der Waals surface area (Å²) in [6.45, 7) is 13.0. The van der Waals surface area contributed by atoms with Crippen molar-refractivity contribution in [1.82, 2.24) is 0 Å². The average molecular weight is 523 g/mol. The Balaban J connectivity index is 0. The van der Waals surface area contributed by atoms with Gasteiger partial charge in [0.15, 0.2) is 9.79 Å². The van der Waals surface area contributed by atoms with Gasteiger partial charge >= 0.3 is 32.0 Å². The van der Waals surface area contributed by atoms with Crippen molar-refractivity contribution >= 4 is 56.8 Å². The predicted octanol–water partition coefficient (Wildman–Crippen LogP) is 3.01. The maximum atomic E-state index is 11.3. The fourth-order valence-corrected chi connectivity index (χ4v) is 3.60. The highest BCUT2D eigenvalue weighted by Crippen LogP contribution is 2.19. The summed E-state index contributed by atoms with van der Waals surface area (Å²) in [4.78, 5) is 21.8. The molecule has 0 aliphatic heterocycles. The van der Waals surface area contributed by atoms with Gasteiger partial charge in [-0.2, -0.15) is 8.50 Å². The Bertz CT molecular complexity index is 1160. The summed E-state index contributed by atoms with van der Waals surface area (Å²) in [5.74, 6) is -1.56. The number of sulfonamides is 2. The summed E-state index contributed by atoms with van der Waals surface area (Å²) in [5.41, 5.74) is -0.257. The maximum absolute atomic E-state index is 11.3. The number of esters is 2. The number of carbonyl (C=O) groups is 2. The highest BCUT2D eigenvalue weighted by atomic mass is 35.5. The van der Waals surface area contributed by atoms with E-state index in [1.54, 1.807) is 0 Å². The lowest BCUT2D eigenvalue weighted by atomic mass is 10.2. The van der Waals surface area contributed by atoms with Crippen LogP contribution in [-0.4, -0.2) is 43.0 Å². The Morgan fingerprint density at radius 1 is 0.688 bits per heavy atom. The van der Waals surface area contributed by atoms with Gasteiger partial charge in [0.05, 0.1) is 25.3 Å². The van der Waals surface area contributed by atoms with Crippen LogP contribution in [0.2, 0.25) is 0 Å². The van der Waals surface area contributed by atoms with E-state index in [0.717, 1.165) is 14.2 Å². The van der Waals surface area contributed by atoms with E-state index in [2.05, 4.69) is 18.0 Å². The van der Waals surface area contributed by atoms with Crippen molar-refractivity contribution in [3.8, 4) is 0 Å². The second kappa shape index (κ2) is 13.3. The number of nitrogens with zero attached hydrogens (tertiary/aromatic N) is 2. The molecule has 2 aromatic rings. The minimum atomic E-state index is -4.09. The lowest BCUT2D eigenvalue weighted by Crippen LogP contribution is -2.08. The lowest BCUT2D eigenvalue weighted by molar-refractivity contribution is 0.0587. The Labute approximate surface area is 197 Å². The van der Waals surface area contributed by atoms with E-state index >= 15 is 0 Å². The van der Waals surface area contributed by atoms with Gasteiger partial charge in [-0.05, 0) is 24.3 Å². The molecule has 0 unspecified atom stereocenters. The smallest absolute Gasteiger partial charge is 0.465 e. The van der Waals surface area contributed by atoms with Crippen LogP contribution in [0, 0.1) is 13.1 Å². The number of halogens is 2. The molecule has 0 N–H and O–H groups in total. The van der Waals surface area contributed by atoms with E-state index in [9.17, 15) is 26.4 Å². The molecule has 0 aliphatic rings. The molecule has 0 saturated carbocycles. The lowest BCUT2D eigenvalue weighted by Gasteiger charge is -2.01. The van der Waals surface area contributed by atoms with Crippen LogP contribution < -0.4 is 0 Å². The molecular weight excluding hydrogens is 507 g/mol. The van der Waals surface area contributed by atoms with Crippen molar-refractivity contribution in [2.75, 3.05) is 14.2 Å². The molecule has 0 aromatic heterocycles. The fourth-order valence-electron chi connectivity index (χ4n) is 2.04. The molecule has 14 heteroatoms. The molecule has 2 rings (SSSR count). The molecule has 2 aromatic carbocycles. The van der Waals surface area contributed by atoms with E-state index in [1.165, 1.54) is 48.5 Å². The molecule has 0 radical (unpaired) electrons. The first kappa shape index (κ1) is 31.0. The SMILES string of the molecule is Cl.Cl.[C-]#[N+]S(=O)(=O)c1ccccc1C(=O)OC.[C-]#[N+]S(=O)(=O)c1ccccc1C(=O)OC. The molecule has 172 valence electrons. The van der Waals surface area contributed by atoms with E-state index in [4.69, 9.17) is 13.1 Å². The van der Waals surface area contributed by atoms with Gasteiger partial charge in [0.25, 0.3) is 0 Å². The van der Waals surface area contributed by atoms with Gasteiger partial charge in [-0.25, -0.2) is 22.7 Å². The molecule has 10 nitrogen and oxygen atoms in total. The standard InChI is InChI=1S/2C9H7NO4S.2ClH/c2*1-10-15(12,13)8-6-4-3-5-7(8)9(11)14-2;;/h2*3-6H,2H3;2*1H. The first-order valence-corrected chi connectivity index (χ1v) is 10.6. The Kier molecular flexibility index (Phi) is 12.9. The normalized spacial score (nSPS) is 9.75. The van der Waals surface area contributed by atoms with Gasteiger partial charge < -0.3 is 9.47 Å². The largest absolute Gasteiger partial charge is 0.469 e. The third-order valence-electron chi connectivity index (χ3n) is 3.38. The molecule has 0 aliphatic carbocycles. The number of carbonyl (C=O) groups excluding carboxylic acids is 2. The number of ether oxygens (including phenoxy) is 2. The van der Waals surface area contributed by atoms with E-state index in [0.29, 0.717) is 0 Å². The maximum Gasteiger partial charge on any atom is 0.469 e. The summed E-state index contributed by atoms with van der Waals surface area (Å²) in [6.07, 6.45) is 0. The third-order valence-corrected chi connectivity index (χ3v) is 5.69. The summed E-state index contributed by atoms with van der Waals surface area (Å²) >= 11 is 0. The Hall–Kier alpha value is -3.16. The summed E-state index contributed by atoms with van der Waals surface area (Å²) in [7, 11) is -5.90. The second-order valence-electron chi connectivity index (χ2n) is 5.11. The highest BCUT2D eigenvalue weighted by molar-refractivity contribution is 7.93. The van der Waals surface area contributed by atoms with E-state index in [-0.39, 0.29) is 45.7 Å². The minimum absolute atomic E-state index is 0. The monoisotopic (exact) mass is 522 g/mol. The molecule has 0 amide bonds. The number of methoxy groups -OCH3 is 2. The van der Waals surface area contributed by atoms with Crippen LogP contribution in [0.1, 0.15) is 20.7 Å². The number of benzene rings is 2. The number of hydrogen-bond donors (Lipinski definition) is 0. The zero-order chi connectivity index (χ0) is 22.9. The Morgan fingerprint density at radius 3 is 1.22 bits per heavy atom. The van der Waals surface area contributed by atoms with E-state index in [1.807, 2.05) is 0 Å². The van der Waals surface area contributed by atoms with E-state index < -0.39 is 32.0 Å². The van der Waals surface area contributed by atoms with Crippen LogP contribution in [0.3, 0.4) is 0 Å². The van der Waals surface area contributed by atoms with Gasteiger partial charge in [0, 0.05) is 0 Å². The Morgan fingerprint density at radius 2 is 0.969 bits per heavy atom. The molecule has 0 atom stereocenters. The zero-order valence-electron chi connectivity index (χ0n) is 16.4. The average Bonchev–Trinajstić information content (AvgIpc) is 2.78. The predicted molar refractivity (Wildman–Crippen MR) is 118 cm³/mol. The first-order chi connectivity index (χ1) is 14.1. The zero-order valence-corrected chi connectivity index (χ0v) is 19.7. The van der Waals surface area contributed by atoms with Crippen LogP contribution >= 0.6 is 24.8 Å². The van der Waals surface area contributed by atoms with Gasteiger partial charge in [-0.1, -0.05) is 24.3 Å². The van der Waals surface area contributed by atoms with Crippen molar-refractivity contribution in [2.45, 2.75) is 9.79 Å². The van der Waals surface area contributed by atoms with Crippen LogP contribution in [-0.2, 0) is 29.5 Å². The number of hydrogen-bond acceptors (Lipinski definition) is 8. The van der Waals surface area contributed by atoms with Crippen LogP contribution in [0.4, 0.5) is 0 Å². The molecule has 0 bridgehead atoms. The van der Waals surface area contributed by atoms with Gasteiger partial charge in [-0.15, -0.1) is 41.6 Å². The number of rotatable bonds is 4. The third kappa shape index (κ3) is 7.51. The van der Waals surface area contributed by atoms with Crippen LogP contribution in [0.15, 0.2) is 58.3 Å². The van der Waals surface area contributed by atoms with Crippen LogP contribution in [0.5, 0.6) is 0 Å².